The molecule has 1 aliphatic heterocycles. The first kappa shape index (κ1) is 22.8. The van der Waals surface area contributed by atoms with Gasteiger partial charge in [0.05, 0.1) is 6.10 Å². The van der Waals surface area contributed by atoms with Crippen molar-refractivity contribution < 1.29 is 24.6 Å². The maximum atomic E-state index is 13.5. The van der Waals surface area contributed by atoms with Crippen LogP contribution in [0, 0.1) is 34.5 Å². The Morgan fingerprint density at radius 1 is 1.35 bits per heavy atom. The number of Topliss-reactive ketones (excluding diaryl/α,β-unsaturated/α-hetero) is 1. The van der Waals surface area contributed by atoms with Gasteiger partial charge < -0.3 is 10.2 Å². The highest BCUT2D eigenvalue weighted by atomic mass is 32.1. The van der Waals surface area contributed by atoms with E-state index in [1.54, 1.807) is 23.5 Å². The smallest absolute Gasteiger partial charge is 0.192 e. The molecule has 182 valence electrons. The van der Waals surface area contributed by atoms with Crippen molar-refractivity contribution >= 4 is 22.9 Å². The van der Waals surface area contributed by atoms with Gasteiger partial charge >= 0.3 is 0 Å². The fourth-order valence-electron chi connectivity index (χ4n) is 8.74. The monoisotopic (exact) mass is 483 g/mol. The molecule has 2 N–H and O–H groups in total. The van der Waals surface area contributed by atoms with Crippen molar-refractivity contribution in [1.82, 2.24) is 5.06 Å². The zero-order chi connectivity index (χ0) is 23.9. The van der Waals surface area contributed by atoms with Crippen LogP contribution in [-0.4, -0.2) is 51.7 Å². The zero-order valence-electron chi connectivity index (χ0n) is 19.8. The van der Waals surface area contributed by atoms with Crippen LogP contribution in [0.5, 0.6) is 0 Å². The summed E-state index contributed by atoms with van der Waals surface area (Å²) in [7, 11) is 0. The number of rotatable bonds is 4. The molecule has 1 aromatic rings. The molecule has 2 heterocycles. The number of thiophene rings is 1. The van der Waals surface area contributed by atoms with Crippen molar-refractivity contribution in [1.29, 1.82) is 0 Å². The largest absolute Gasteiger partial charge is 0.393 e. The van der Waals surface area contributed by atoms with Gasteiger partial charge in [-0.3, -0.25) is 14.4 Å². The molecule has 5 aliphatic rings. The summed E-state index contributed by atoms with van der Waals surface area (Å²) in [5.41, 5.74) is 0.272. The van der Waals surface area contributed by atoms with E-state index in [0.29, 0.717) is 19.5 Å². The summed E-state index contributed by atoms with van der Waals surface area (Å²) in [6.45, 7) is 4.99. The van der Waals surface area contributed by atoms with Crippen molar-refractivity contribution in [2.45, 2.75) is 57.8 Å². The van der Waals surface area contributed by atoms with E-state index >= 15 is 0 Å². The van der Waals surface area contributed by atoms with Gasteiger partial charge in [0.2, 0.25) is 0 Å². The van der Waals surface area contributed by atoms with Gasteiger partial charge in [0.25, 0.3) is 0 Å². The van der Waals surface area contributed by atoms with Gasteiger partial charge in [0, 0.05) is 35.8 Å². The molecule has 1 aromatic heterocycles. The first-order valence-electron chi connectivity index (χ1n) is 12.4. The van der Waals surface area contributed by atoms with E-state index in [1.165, 1.54) is 0 Å². The lowest BCUT2D eigenvalue weighted by Gasteiger charge is -2.59. The van der Waals surface area contributed by atoms with Crippen molar-refractivity contribution in [3.05, 3.63) is 46.2 Å². The Bertz CT molecular complexity index is 1080. The molecule has 4 aliphatic carbocycles. The van der Waals surface area contributed by atoms with Crippen molar-refractivity contribution in [2.75, 3.05) is 13.2 Å². The summed E-state index contributed by atoms with van der Waals surface area (Å²) >= 11 is 1.64. The Labute approximate surface area is 204 Å². The molecule has 6 rings (SSSR count). The molecule has 6 nitrogen and oxygen atoms in total. The number of nitrogens with zero attached hydrogens (tertiary/aromatic N) is 1. The Morgan fingerprint density at radius 2 is 2.18 bits per heavy atom. The first-order valence-corrected chi connectivity index (χ1v) is 13.4. The number of hydroxylamine groups is 2. The van der Waals surface area contributed by atoms with Gasteiger partial charge in [-0.15, -0.1) is 0 Å². The molecule has 0 radical (unpaired) electrons. The number of carbonyl (C=O) groups is 2. The van der Waals surface area contributed by atoms with Gasteiger partial charge in [-0.1, -0.05) is 25.5 Å². The SMILES string of the molecule is CC12C=CC(=O)C=C1CCC1C2C(O)CC2(C)[C@H]1C[C@H]1CN(Cc3ccsc3)O[C@]12C(=O)CO. The van der Waals surface area contributed by atoms with Crippen LogP contribution in [-0.2, 0) is 21.0 Å². The number of carbonyl (C=O) groups excluding carboxylic acids is 2. The van der Waals surface area contributed by atoms with Gasteiger partial charge in [0.1, 0.15) is 6.61 Å². The maximum Gasteiger partial charge on any atom is 0.192 e. The molecular formula is C27H33NO5S. The Kier molecular flexibility index (Phi) is 5.15. The van der Waals surface area contributed by atoms with Crippen molar-refractivity contribution in [3.8, 4) is 0 Å². The minimum absolute atomic E-state index is 0.0111. The highest BCUT2D eigenvalue weighted by Crippen LogP contribution is 2.70. The van der Waals surface area contributed by atoms with Gasteiger partial charge in [-0.05, 0) is 72.1 Å². The topological polar surface area (TPSA) is 87.1 Å². The summed E-state index contributed by atoms with van der Waals surface area (Å²) in [6, 6.07) is 2.07. The normalized spacial score (nSPS) is 45.4. The lowest BCUT2D eigenvalue weighted by atomic mass is 9.46. The van der Waals surface area contributed by atoms with Gasteiger partial charge in [0.15, 0.2) is 17.2 Å². The molecule has 0 spiro atoms. The highest BCUT2D eigenvalue weighted by Gasteiger charge is 2.75. The molecule has 0 amide bonds. The minimum atomic E-state index is -1.11. The summed E-state index contributed by atoms with van der Waals surface area (Å²) in [4.78, 5) is 32.1. The number of hydrogen-bond donors (Lipinski definition) is 2. The molecule has 0 bridgehead atoms. The van der Waals surface area contributed by atoms with Crippen molar-refractivity contribution in [3.63, 3.8) is 0 Å². The average Bonchev–Trinajstić information content (AvgIpc) is 3.49. The van der Waals surface area contributed by atoms with Crippen LogP contribution in [0.4, 0.5) is 0 Å². The lowest BCUT2D eigenvalue weighted by molar-refractivity contribution is -0.254. The second kappa shape index (κ2) is 7.68. The summed E-state index contributed by atoms with van der Waals surface area (Å²) in [6.07, 6.45) is 7.86. The molecule has 0 aromatic carbocycles. The third kappa shape index (κ3) is 2.88. The Balaban J connectivity index is 1.37. The van der Waals surface area contributed by atoms with Crippen LogP contribution in [0.2, 0.25) is 0 Å². The molecule has 8 atom stereocenters. The Morgan fingerprint density at radius 3 is 2.91 bits per heavy atom. The van der Waals surface area contributed by atoms with E-state index in [9.17, 15) is 19.8 Å². The van der Waals surface area contributed by atoms with E-state index in [-0.39, 0.29) is 40.7 Å². The molecule has 5 unspecified atom stereocenters. The molecule has 7 heteroatoms. The van der Waals surface area contributed by atoms with E-state index in [4.69, 9.17) is 4.84 Å². The van der Waals surface area contributed by atoms with Crippen molar-refractivity contribution in [2.24, 2.45) is 34.5 Å². The highest BCUT2D eigenvalue weighted by molar-refractivity contribution is 7.07. The van der Waals surface area contributed by atoms with Crippen LogP contribution in [0.15, 0.2) is 40.6 Å². The first-order chi connectivity index (χ1) is 16.2. The predicted molar refractivity (Wildman–Crippen MR) is 128 cm³/mol. The molecule has 34 heavy (non-hydrogen) atoms. The number of allylic oxidation sites excluding steroid dienone is 4. The number of hydrogen-bond acceptors (Lipinski definition) is 7. The molecular weight excluding hydrogens is 450 g/mol. The molecule has 3 saturated carbocycles. The van der Waals surface area contributed by atoms with E-state index < -0.39 is 23.7 Å². The lowest BCUT2D eigenvalue weighted by Crippen LogP contribution is -2.63. The zero-order valence-corrected chi connectivity index (χ0v) is 20.6. The van der Waals surface area contributed by atoms with Crippen LogP contribution >= 0.6 is 11.3 Å². The average molecular weight is 484 g/mol. The fraction of sp³-hybridized carbons (Fsp3) is 0.630. The van der Waals surface area contributed by atoms with Gasteiger partial charge in [-0.25, -0.2) is 0 Å². The maximum absolute atomic E-state index is 13.5. The summed E-state index contributed by atoms with van der Waals surface area (Å²) < 4.78 is 0. The fourth-order valence-corrected chi connectivity index (χ4v) is 9.40. The summed E-state index contributed by atoms with van der Waals surface area (Å²) in [5.74, 6) is 0.220. The van der Waals surface area contributed by atoms with Crippen LogP contribution in [0.25, 0.3) is 0 Å². The second-order valence-corrected chi connectivity index (χ2v) is 12.3. The quantitative estimate of drug-likeness (QED) is 0.683. The number of aliphatic hydroxyl groups is 2. The van der Waals surface area contributed by atoms with Crippen LogP contribution in [0.1, 0.15) is 45.1 Å². The van der Waals surface area contributed by atoms with E-state index in [0.717, 1.165) is 30.4 Å². The predicted octanol–water partition coefficient (Wildman–Crippen LogP) is 3.30. The molecule has 4 fully saturated rings. The molecule has 1 saturated heterocycles. The van der Waals surface area contributed by atoms with Crippen LogP contribution < -0.4 is 0 Å². The van der Waals surface area contributed by atoms with Crippen LogP contribution in [0.3, 0.4) is 0 Å². The third-order valence-electron chi connectivity index (χ3n) is 10.0. The van der Waals surface area contributed by atoms with E-state index in [2.05, 4.69) is 25.3 Å². The van der Waals surface area contributed by atoms with Gasteiger partial charge in [-0.2, -0.15) is 16.4 Å². The Hall–Kier alpha value is -1.64. The summed E-state index contributed by atoms with van der Waals surface area (Å²) in [5, 5.41) is 27.7. The number of fused-ring (bicyclic) bond motifs is 7. The third-order valence-corrected chi connectivity index (χ3v) is 10.8. The van der Waals surface area contributed by atoms with E-state index in [1.807, 2.05) is 16.5 Å². The standard InChI is InChI=1S/C27H33NO5S/c1-25-7-5-19(30)9-17(25)3-4-20-21-10-18-13-28(12-16-6-8-34-15-16)33-27(18,23(32)14-29)26(21,2)11-22(31)24(20)25/h5-9,15,18,20-22,24,29,31H,3-4,10-14H2,1-2H3/t18-,20?,21-,22?,24?,25?,26?,27-/m0/s1. The number of ketones is 2. The minimum Gasteiger partial charge on any atom is -0.393 e. The second-order valence-electron chi connectivity index (χ2n) is 11.5. The number of aliphatic hydroxyl groups excluding tert-OH is 2.